The molecule has 2 aromatic rings. The second kappa shape index (κ2) is 4.59. The van der Waals surface area contributed by atoms with Crippen LogP contribution in [0.15, 0.2) is 24.4 Å². The lowest BCUT2D eigenvalue weighted by molar-refractivity contribution is 0.102. The molecule has 5 nitrogen and oxygen atoms in total. The van der Waals surface area contributed by atoms with Crippen LogP contribution in [0.4, 0.5) is 0 Å². The van der Waals surface area contributed by atoms with Crippen molar-refractivity contribution in [2.24, 2.45) is 7.05 Å². The first kappa shape index (κ1) is 12.0. The standard InChI is InChI=1S/C13H11ClN2O3/c1-16-12(9(14)7-15-16)13(17)8-2-3-10-11(6-8)19-5-4-18-10/h2-3,6-7H,4-5H2,1H3. The second-order valence-electron chi connectivity index (χ2n) is 4.15. The summed E-state index contributed by atoms with van der Waals surface area (Å²) >= 11 is 5.97. The van der Waals surface area contributed by atoms with Crippen molar-refractivity contribution >= 4 is 17.4 Å². The Morgan fingerprint density at radius 1 is 1.32 bits per heavy atom. The van der Waals surface area contributed by atoms with Crippen LogP contribution in [0, 0.1) is 0 Å². The van der Waals surface area contributed by atoms with Gasteiger partial charge in [-0.3, -0.25) is 9.48 Å². The minimum atomic E-state index is -0.193. The number of carbonyl (C=O) groups is 1. The lowest BCUT2D eigenvalue weighted by atomic mass is 10.1. The molecule has 0 aliphatic carbocycles. The predicted molar refractivity (Wildman–Crippen MR) is 69.1 cm³/mol. The normalized spacial score (nSPS) is 13.4. The molecule has 3 rings (SSSR count). The number of nitrogens with zero attached hydrogens (tertiary/aromatic N) is 2. The number of aromatic nitrogens is 2. The average molecular weight is 279 g/mol. The molecular formula is C13H11ClN2O3. The van der Waals surface area contributed by atoms with Gasteiger partial charge in [0.2, 0.25) is 5.78 Å². The van der Waals surface area contributed by atoms with E-state index in [1.807, 2.05) is 0 Å². The van der Waals surface area contributed by atoms with Crippen LogP contribution in [0.5, 0.6) is 11.5 Å². The van der Waals surface area contributed by atoms with Crippen LogP contribution < -0.4 is 9.47 Å². The molecule has 0 spiro atoms. The number of hydrogen-bond acceptors (Lipinski definition) is 4. The Morgan fingerprint density at radius 2 is 2.05 bits per heavy atom. The van der Waals surface area contributed by atoms with Crippen LogP contribution in [0.2, 0.25) is 5.02 Å². The van der Waals surface area contributed by atoms with Crippen molar-refractivity contribution in [3.63, 3.8) is 0 Å². The fourth-order valence-electron chi connectivity index (χ4n) is 1.99. The Balaban J connectivity index is 2.01. The Labute approximate surface area is 114 Å². The Hall–Kier alpha value is -2.01. The Kier molecular flexibility index (Phi) is 2.91. The van der Waals surface area contributed by atoms with Gasteiger partial charge >= 0.3 is 0 Å². The van der Waals surface area contributed by atoms with Gasteiger partial charge in [0.05, 0.1) is 11.2 Å². The number of rotatable bonds is 2. The van der Waals surface area contributed by atoms with Gasteiger partial charge in [0.15, 0.2) is 11.5 Å². The molecule has 1 aromatic heterocycles. The zero-order chi connectivity index (χ0) is 13.4. The average Bonchev–Trinajstić information content (AvgIpc) is 2.77. The van der Waals surface area contributed by atoms with Gasteiger partial charge in [-0.05, 0) is 18.2 Å². The first-order valence-corrected chi connectivity index (χ1v) is 6.16. The fourth-order valence-corrected chi connectivity index (χ4v) is 2.24. The maximum absolute atomic E-state index is 12.4. The van der Waals surface area contributed by atoms with Crippen molar-refractivity contribution in [3.8, 4) is 11.5 Å². The second-order valence-corrected chi connectivity index (χ2v) is 4.56. The molecule has 1 aliphatic heterocycles. The van der Waals surface area contributed by atoms with Crippen molar-refractivity contribution in [1.29, 1.82) is 0 Å². The van der Waals surface area contributed by atoms with Crippen LogP contribution in [0.25, 0.3) is 0 Å². The molecule has 0 radical (unpaired) electrons. The molecule has 0 unspecified atom stereocenters. The highest BCUT2D eigenvalue weighted by molar-refractivity contribution is 6.34. The van der Waals surface area contributed by atoms with E-state index < -0.39 is 0 Å². The molecule has 2 heterocycles. The largest absolute Gasteiger partial charge is 0.486 e. The van der Waals surface area contributed by atoms with Crippen molar-refractivity contribution in [3.05, 3.63) is 40.7 Å². The summed E-state index contributed by atoms with van der Waals surface area (Å²) in [6.07, 6.45) is 1.45. The molecule has 1 aromatic carbocycles. The van der Waals surface area contributed by atoms with Crippen LogP contribution in [0.1, 0.15) is 16.1 Å². The van der Waals surface area contributed by atoms with Crippen molar-refractivity contribution in [2.45, 2.75) is 0 Å². The third-order valence-electron chi connectivity index (χ3n) is 2.91. The molecule has 0 amide bonds. The monoisotopic (exact) mass is 278 g/mol. The van der Waals surface area contributed by atoms with E-state index in [4.69, 9.17) is 21.1 Å². The number of ketones is 1. The van der Waals surface area contributed by atoms with E-state index in [-0.39, 0.29) is 5.78 Å². The van der Waals surface area contributed by atoms with Gasteiger partial charge in [-0.2, -0.15) is 5.10 Å². The van der Waals surface area contributed by atoms with E-state index in [2.05, 4.69) is 5.10 Å². The number of ether oxygens (including phenoxy) is 2. The molecule has 0 bridgehead atoms. The number of benzene rings is 1. The number of aryl methyl sites for hydroxylation is 1. The maximum atomic E-state index is 12.4. The van der Waals surface area contributed by atoms with E-state index in [0.717, 1.165) is 0 Å². The zero-order valence-corrected chi connectivity index (χ0v) is 11.0. The molecule has 1 aliphatic rings. The van der Waals surface area contributed by atoms with E-state index in [1.165, 1.54) is 10.9 Å². The summed E-state index contributed by atoms with van der Waals surface area (Å²) in [5.41, 5.74) is 0.855. The van der Waals surface area contributed by atoms with Crippen LogP contribution >= 0.6 is 11.6 Å². The van der Waals surface area contributed by atoms with E-state index in [0.29, 0.717) is 41.0 Å². The van der Waals surface area contributed by atoms with Gasteiger partial charge in [-0.1, -0.05) is 11.6 Å². The third-order valence-corrected chi connectivity index (χ3v) is 3.19. The van der Waals surface area contributed by atoms with Gasteiger partial charge in [-0.15, -0.1) is 0 Å². The summed E-state index contributed by atoms with van der Waals surface area (Å²) in [7, 11) is 1.68. The number of carbonyl (C=O) groups excluding carboxylic acids is 1. The van der Waals surface area contributed by atoms with E-state index in [1.54, 1.807) is 25.2 Å². The Morgan fingerprint density at radius 3 is 2.74 bits per heavy atom. The number of halogens is 1. The molecule has 0 N–H and O–H groups in total. The molecule has 0 atom stereocenters. The van der Waals surface area contributed by atoms with Gasteiger partial charge in [0.1, 0.15) is 18.9 Å². The van der Waals surface area contributed by atoms with E-state index in [9.17, 15) is 4.79 Å². The van der Waals surface area contributed by atoms with Crippen molar-refractivity contribution in [1.82, 2.24) is 9.78 Å². The van der Waals surface area contributed by atoms with Gasteiger partial charge in [0.25, 0.3) is 0 Å². The fraction of sp³-hybridized carbons (Fsp3) is 0.231. The van der Waals surface area contributed by atoms with Gasteiger partial charge in [0, 0.05) is 12.6 Å². The van der Waals surface area contributed by atoms with Crippen LogP contribution in [-0.4, -0.2) is 28.8 Å². The molecule has 19 heavy (non-hydrogen) atoms. The lowest BCUT2D eigenvalue weighted by Crippen LogP contribution is -2.16. The number of fused-ring (bicyclic) bond motifs is 1. The molecule has 6 heteroatoms. The first-order chi connectivity index (χ1) is 9.16. The summed E-state index contributed by atoms with van der Waals surface area (Å²) in [5, 5.41) is 4.29. The molecular weight excluding hydrogens is 268 g/mol. The Bertz CT molecular complexity index is 632. The SMILES string of the molecule is Cn1ncc(Cl)c1C(=O)c1ccc2c(c1)OCCO2. The summed E-state index contributed by atoms with van der Waals surface area (Å²) in [6, 6.07) is 5.09. The summed E-state index contributed by atoms with van der Waals surface area (Å²) in [5.74, 6) is 1.04. The van der Waals surface area contributed by atoms with Crippen LogP contribution in [-0.2, 0) is 7.05 Å². The topological polar surface area (TPSA) is 53.4 Å². The summed E-state index contributed by atoms with van der Waals surface area (Å²) < 4.78 is 12.3. The van der Waals surface area contributed by atoms with E-state index >= 15 is 0 Å². The zero-order valence-electron chi connectivity index (χ0n) is 10.2. The van der Waals surface area contributed by atoms with Gasteiger partial charge < -0.3 is 9.47 Å². The van der Waals surface area contributed by atoms with Gasteiger partial charge in [-0.25, -0.2) is 0 Å². The minimum absolute atomic E-state index is 0.193. The highest BCUT2D eigenvalue weighted by Crippen LogP contribution is 2.32. The third kappa shape index (κ3) is 2.06. The molecule has 98 valence electrons. The first-order valence-electron chi connectivity index (χ1n) is 5.78. The summed E-state index contributed by atoms with van der Waals surface area (Å²) in [4.78, 5) is 12.4. The molecule has 0 fully saturated rings. The summed E-state index contributed by atoms with van der Waals surface area (Å²) in [6.45, 7) is 1.00. The number of hydrogen-bond donors (Lipinski definition) is 0. The van der Waals surface area contributed by atoms with Crippen molar-refractivity contribution < 1.29 is 14.3 Å². The quantitative estimate of drug-likeness (QED) is 0.789. The minimum Gasteiger partial charge on any atom is -0.486 e. The lowest BCUT2D eigenvalue weighted by Gasteiger charge is -2.18. The predicted octanol–water partition coefficient (Wildman–Crippen LogP) is 2.08. The van der Waals surface area contributed by atoms with Crippen LogP contribution in [0.3, 0.4) is 0 Å². The highest BCUT2D eigenvalue weighted by atomic mass is 35.5. The smallest absolute Gasteiger partial charge is 0.212 e. The highest BCUT2D eigenvalue weighted by Gasteiger charge is 2.20. The molecule has 0 saturated heterocycles. The maximum Gasteiger partial charge on any atom is 0.212 e. The van der Waals surface area contributed by atoms with Crippen molar-refractivity contribution in [2.75, 3.05) is 13.2 Å². The molecule has 0 saturated carbocycles.